The number of rotatable bonds is 6. The van der Waals surface area contributed by atoms with Crippen LogP contribution < -0.4 is 10.0 Å². The first kappa shape index (κ1) is 17.5. The lowest BCUT2D eigenvalue weighted by atomic mass is 10.2. The van der Waals surface area contributed by atoms with E-state index in [1.165, 1.54) is 0 Å². The summed E-state index contributed by atoms with van der Waals surface area (Å²) in [5, 5.41) is 2.77. The molecule has 132 valence electrons. The Kier molecular flexibility index (Phi) is 4.82. The van der Waals surface area contributed by atoms with Crippen LogP contribution >= 0.6 is 0 Å². The van der Waals surface area contributed by atoms with Gasteiger partial charge in [0.25, 0.3) is 0 Å². The molecule has 0 atom stereocenters. The van der Waals surface area contributed by atoms with Gasteiger partial charge in [0.05, 0.1) is 0 Å². The number of benzene rings is 2. The second-order valence-corrected chi connectivity index (χ2v) is 7.60. The average molecular weight is 366 g/mol. The van der Waals surface area contributed by atoms with E-state index in [2.05, 4.69) is 10.0 Å². The summed E-state index contributed by atoms with van der Waals surface area (Å²) in [4.78, 5) is 10.9. The molecule has 0 bridgehead atoms. The Morgan fingerprint density at radius 2 is 1.76 bits per heavy atom. The van der Waals surface area contributed by atoms with E-state index < -0.39 is 26.6 Å². The molecule has 25 heavy (non-hydrogen) atoms. The summed E-state index contributed by atoms with van der Waals surface area (Å²) in [6.45, 7) is -0.0882. The predicted octanol–water partition coefficient (Wildman–Crippen LogP) is 2.79. The van der Waals surface area contributed by atoms with Crippen molar-refractivity contribution in [1.82, 2.24) is 4.72 Å². The van der Waals surface area contributed by atoms with Crippen molar-refractivity contribution in [2.24, 2.45) is 5.92 Å². The van der Waals surface area contributed by atoms with Crippen molar-refractivity contribution in [2.45, 2.75) is 24.3 Å². The molecule has 1 fully saturated rings. The molecule has 1 aliphatic carbocycles. The van der Waals surface area contributed by atoms with E-state index in [4.69, 9.17) is 0 Å². The maximum Gasteiger partial charge on any atom is 0.243 e. The maximum atomic E-state index is 13.6. The molecule has 2 aromatic rings. The van der Waals surface area contributed by atoms with Crippen LogP contribution in [0, 0.1) is 17.6 Å². The molecule has 3 rings (SSSR count). The summed E-state index contributed by atoms with van der Waals surface area (Å²) in [7, 11) is -4.18. The smallest absolute Gasteiger partial charge is 0.243 e. The highest BCUT2D eigenvalue weighted by atomic mass is 32.2. The molecule has 0 aromatic heterocycles. The van der Waals surface area contributed by atoms with E-state index in [9.17, 15) is 22.0 Å². The highest BCUT2D eigenvalue weighted by Crippen LogP contribution is 2.30. The lowest BCUT2D eigenvalue weighted by Crippen LogP contribution is -2.24. The van der Waals surface area contributed by atoms with Crippen LogP contribution in [0.5, 0.6) is 0 Å². The fourth-order valence-corrected chi connectivity index (χ4v) is 3.34. The fraction of sp³-hybridized carbons (Fsp3) is 0.235. The van der Waals surface area contributed by atoms with Crippen molar-refractivity contribution < 1.29 is 22.0 Å². The van der Waals surface area contributed by atoms with E-state index in [0.717, 1.165) is 25.0 Å². The molecule has 2 N–H and O–H groups in total. The molecular weight excluding hydrogens is 350 g/mol. The van der Waals surface area contributed by atoms with E-state index >= 15 is 0 Å². The Hall–Kier alpha value is -2.32. The third-order valence-electron chi connectivity index (χ3n) is 3.82. The molecule has 1 aliphatic rings. The molecule has 1 saturated carbocycles. The third kappa shape index (κ3) is 4.40. The van der Waals surface area contributed by atoms with Crippen molar-refractivity contribution in [3.8, 4) is 0 Å². The number of carbonyl (C=O) groups is 1. The largest absolute Gasteiger partial charge is 0.326 e. The van der Waals surface area contributed by atoms with Gasteiger partial charge in [0.1, 0.15) is 16.5 Å². The molecular formula is C17H16F2N2O3S. The van der Waals surface area contributed by atoms with Gasteiger partial charge < -0.3 is 5.32 Å². The first-order valence-electron chi connectivity index (χ1n) is 7.70. The zero-order valence-corrected chi connectivity index (χ0v) is 13.9. The Bertz CT molecular complexity index is 895. The minimum atomic E-state index is -4.18. The fourth-order valence-electron chi connectivity index (χ4n) is 2.24. The minimum absolute atomic E-state index is 0.0185. The Balaban J connectivity index is 1.64. The quantitative estimate of drug-likeness (QED) is 0.826. The average Bonchev–Trinajstić information content (AvgIpc) is 3.41. The number of amides is 1. The Morgan fingerprint density at radius 3 is 2.40 bits per heavy atom. The second kappa shape index (κ2) is 6.89. The number of sulfonamides is 1. The summed E-state index contributed by atoms with van der Waals surface area (Å²) >= 11 is 0. The van der Waals surface area contributed by atoms with E-state index in [1.807, 2.05) is 0 Å². The molecule has 1 amide bonds. The van der Waals surface area contributed by atoms with Crippen LogP contribution in [-0.4, -0.2) is 14.3 Å². The monoisotopic (exact) mass is 366 g/mol. The lowest BCUT2D eigenvalue weighted by Gasteiger charge is -2.09. The van der Waals surface area contributed by atoms with Crippen molar-refractivity contribution in [2.75, 3.05) is 5.32 Å². The van der Waals surface area contributed by atoms with Crippen LogP contribution in [0.3, 0.4) is 0 Å². The van der Waals surface area contributed by atoms with Gasteiger partial charge in [-0.3, -0.25) is 4.79 Å². The molecule has 0 spiro atoms. The van der Waals surface area contributed by atoms with Gasteiger partial charge in [-0.1, -0.05) is 12.1 Å². The van der Waals surface area contributed by atoms with Gasteiger partial charge in [-0.15, -0.1) is 0 Å². The van der Waals surface area contributed by atoms with Crippen LogP contribution in [0.25, 0.3) is 0 Å². The Labute approximate surface area is 144 Å². The molecule has 0 unspecified atom stereocenters. The third-order valence-corrected chi connectivity index (χ3v) is 5.23. The summed E-state index contributed by atoms with van der Waals surface area (Å²) in [6, 6.07) is 8.86. The van der Waals surface area contributed by atoms with E-state index in [0.29, 0.717) is 17.3 Å². The summed E-state index contributed by atoms with van der Waals surface area (Å²) in [6.07, 6.45) is 1.81. The predicted molar refractivity (Wildman–Crippen MR) is 88.2 cm³/mol. The highest BCUT2D eigenvalue weighted by molar-refractivity contribution is 7.89. The molecule has 0 radical (unpaired) electrons. The van der Waals surface area contributed by atoms with Gasteiger partial charge in [0, 0.05) is 18.2 Å². The first-order chi connectivity index (χ1) is 11.8. The van der Waals surface area contributed by atoms with Gasteiger partial charge in [0.15, 0.2) is 0 Å². The number of hydrogen-bond acceptors (Lipinski definition) is 3. The van der Waals surface area contributed by atoms with E-state index in [-0.39, 0.29) is 18.4 Å². The zero-order chi connectivity index (χ0) is 18.0. The molecule has 0 aliphatic heterocycles. The van der Waals surface area contributed by atoms with E-state index in [1.54, 1.807) is 24.3 Å². The van der Waals surface area contributed by atoms with Crippen molar-refractivity contribution in [1.29, 1.82) is 0 Å². The highest BCUT2D eigenvalue weighted by Gasteiger charge is 2.29. The topological polar surface area (TPSA) is 75.3 Å². The summed E-state index contributed by atoms with van der Waals surface area (Å²) < 4.78 is 53.2. The number of carbonyl (C=O) groups excluding carboxylic acids is 1. The van der Waals surface area contributed by atoms with Crippen LogP contribution in [0.2, 0.25) is 0 Å². The zero-order valence-electron chi connectivity index (χ0n) is 13.1. The van der Waals surface area contributed by atoms with Gasteiger partial charge >= 0.3 is 0 Å². The first-order valence-corrected chi connectivity index (χ1v) is 9.18. The van der Waals surface area contributed by atoms with Gasteiger partial charge in [0.2, 0.25) is 15.9 Å². The second-order valence-electron chi connectivity index (χ2n) is 5.86. The number of hydrogen-bond donors (Lipinski definition) is 2. The normalized spacial score (nSPS) is 14.3. The van der Waals surface area contributed by atoms with Gasteiger partial charge in [-0.2, -0.15) is 0 Å². The van der Waals surface area contributed by atoms with Crippen molar-refractivity contribution >= 4 is 21.6 Å². The lowest BCUT2D eigenvalue weighted by molar-refractivity contribution is -0.117. The summed E-state index contributed by atoms with van der Waals surface area (Å²) in [5.74, 6) is -1.78. The minimum Gasteiger partial charge on any atom is -0.326 e. The maximum absolute atomic E-state index is 13.6. The SMILES string of the molecule is O=C(Nc1ccc(CNS(=O)(=O)c2cc(F)ccc2F)cc1)C1CC1. The number of halogens is 2. The number of nitrogens with one attached hydrogen (secondary N) is 2. The van der Waals surface area contributed by atoms with Crippen LogP contribution in [0.1, 0.15) is 18.4 Å². The Morgan fingerprint density at radius 1 is 1.08 bits per heavy atom. The molecule has 0 heterocycles. The van der Waals surface area contributed by atoms with Crippen molar-refractivity contribution in [3.63, 3.8) is 0 Å². The standard InChI is InChI=1S/C17H16F2N2O3S/c18-13-5-8-15(19)16(9-13)25(23,24)20-10-11-1-6-14(7-2-11)21-17(22)12-3-4-12/h1-2,5-9,12,20H,3-4,10H2,(H,21,22). The van der Waals surface area contributed by atoms with Crippen molar-refractivity contribution in [3.05, 3.63) is 59.7 Å². The number of anilines is 1. The van der Waals surface area contributed by atoms with Crippen LogP contribution in [0.15, 0.2) is 47.4 Å². The summed E-state index contributed by atoms with van der Waals surface area (Å²) in [5.41, 5.74) is 1.24. The molecule has 5 nitrogen and oxygen atoms in total. The van der Waals surface area contributed by atoms with Crippen LogP contribution in [-0.2, 0) is 21.4 Å². The molecule has 8 heteroatoms. The molecule has 2 aromatic carbocycles. The van der Waals surface area contributed by atoms with Crippen LogP contribution in [0.4, 0.5) is 14.5 Å². The van der Waals surface area contributed by atoms with Gasteiger partial charge in [-0.05, 0) is 48.7 Å². The van der Waals surface area contributed by atoms with Gasteiger partial charge in [-0.25, -0.2) is 21.9 Å². The molecule has 0 saturated heterocycles.